The molecule has 0 spiro atoms. The van der Waals surface area contributed by atoms with Crippen LogP contribution in [0.25, 0.3) is 17.0 Å². The van der Waals surface area contributed by atoms with E-state index in [0.717, 1.165) is 31.3 Å². The van der Waals surface area contributed by atoms with Crippen molar-refractivity contribution in [1.29, 1.82) is 0 Å². The Morgan fingerprint density at radius 3 is 2.78 bits per heavy atom. The summed E-state index contributed by atoms with van der Waals surface area (Å²) in [4.78, 5) is 11.9. The second kappa shape index (κ2) is 4.45. The molecule has 2 heteroatoms. The maximum Gasteiger partial charge on any atom is 0.158 e. The third-order valence-electron chi connectivity index (χ3n) is 3.72. The van der Waals surface area contributed by atoms with Gasteiger partial charge in [0.25, 0.3) is 0 Å². The Labute approximate surface area is 107 Å². The first-order chi connectivity index (χ1) is 8.75. The van der Waals surface area contributed by atoms with Crippen molar-refractivity contribution in [3.63, 3.8) is 0 Å². The number of hydrogen-bond donors (Lipinski definition) is 0. The molecular formula is C16H17NO. The Balaban J connectivity index is 2.09. The Morgan fingerprint density at radius 1 is 1.17 bits per heavy atom. The second-order valence-corrected chi connectivity index (χ2v) is 5.01. The summed E-state index contributed by atoms with van der Waals surface area (Å²) < 4.78 is 2.12. The average molecular weight is 239 g/mol. The van der Waals surface area contributed by atoms with Crippen LogP contribution in [0.1, 0.15) is 31.2 Å². The first-order valence-electron chi connectivity index (χ1n) is 6.53. The van der Waals surface area contributed by atoms with Crippen LogP contribution in [0.5, 0.6) is 0 Å². The molecule has 18 heavy (non-hydrogen) atoms. The Bertz CT molecular complexity index is 634. The van der Waals surface area contributed by atoms with Crippen molar-refractivity contribution in [1.82, 2.24) is 4.57 Å². The van der Waals surface area contributed by atoms with Crippen molar-refractivity contribution in [2.24, 2.45) is 7.05 Å². The van der Waals surface area contributed by atoms with Gasteiger partial charge in [0.2, 0.25) is 0 Å². The predicted octanol–water partition coefficient (Wildman–Crippen LogP) is 3.70. The first-order valence-corrected chi connectivity index (χ1v) is 6.53. The minimum Gasteiger partial charge on any atom is -0.350 e. The fourth-order valence-corrected chi connectivity index (χ4v) is 2.73. The molecular weight excluding hydrogens is 222 g/mol. The lowest BCUT2D eigenvalue weighted by atomic mass is 9.92. The van der Waals surface area contributed by atoms with Gasteiger partial charge in [0.15, 0.2) is 5.78 Å². The van der Waals surface area contributed by atoms with Crippen LogP contribution in [-0.4, -0.2) is 10.4 Å². The van der Waals surface area contributed by atoms with Gasteiger partial charge < -0.3 is 4.57 Å². The third-order valence-corrected chi connectivity index (χ3v) is 3.72. The summed E-state index contributed by atoms with van der Waals surface area (Å²) in [5.41, 5.74) is 3.38. The number of benzene rings is 1. The van der Waals surface area contributed by atoms with Crippen LogP contribution < -0.4 is 0 Å². The molecule has 0 bridgehead atoms. The summed E-state index contributed by atoms with van der Waals surface area (Å²) in [6.07, 6.45) is 8.04. The fraction of sp³-hybridized carbons (Fsp3) is 0.312. The zero-order chi connectivity index (χ0) is 12.5. The maximum absolute atomic E-state index is 11.9. The van der Waals surface area contributed by atoms with Crippen molar-refractivity contribution < 1.29 is 4.79 Å². The van der Waals surface area contributed by atoms with Crippen LogP contribution >= 0.6 is 0 Å². The molecule has 92 valence electrons. The Morgan fingerprint density at radius 2 is 1.94 bits per heavy atom. The fourth-order valence-electron chi connectivity index (χ4n) is 2.73. The minimum absolute atomic E-state index is 0.328. The topological polar surface area (TPSA) is 22.0 Å². The van der Waals surface area contributed by atoms with Crippen LogP contribution in [0.3, 0.4) is 0 Å². The number of ketones is 1. The molecule has 0 atom stereocenters. The highest BCUT2D eigenvalue weighted by molar-refractivity contribution is 6.02. The number of fused-ring (bicyclic) bond motifs is 1. The smallest absolute Gasteiger partial charge is 0.158 e. The van der Waals surface area contributed by atoms with E-state index in [0.29, 0.717) is 5.78 Å². The predicted molar refractivity (Wildman–Crippen MR) is 74.4 cm³/mol. The highest BCUT2D eigenvalue weighted by atomic mass is 16.1. The van der Waals surface area contributed by atoms with Crippen LogP contribution in [0, 0.1) is 0 Å². The van der Waals surface area contributed by atoms with Gasteiger partial charge >= 0.3 is 0 Å². The number of aromatic nitrogens is 1. The molecule has 1 heterocycles. The van der Waals surface area contributed by atoms with Crippen molar-refractivity contribution >= 4 is 22.8 Å². The lowest BCUT2D eigenvalue weighted by Crippen LogP contribution is -2.07. The van der Waals surface area contributed by atoms with E-state index in [1.54, 1.807) is 0 Å². The SMILES string of the molecule is Cn1cc(/C=C2\CCCCC2=O)c2ccccc21. The summed E-state index contributed by atoms with van der Waals surface area (Å²) in [6, 6.07) is 8.33. The molecule has 2 aromatic rings. The number of rotatable bonds is 1. The van der Waals surface area contributed by atoms with Gasteiger partial charge in [-0.25, -0.2) is 0 Å². The lowest BCUT2D eigenvalue weighted by Gasteiger charge is -2.11. The molecule has 1 saturated carbocycles. The number of carbonyl (C=O) groups is 1. The number of carbonyl (C=O) groups excluding carboxylic acids is 1. The molecule has 1 fully saturated rings. The second-order valence-electron chi connectivity index (χ2n) is 5.01. The third kappa shape index (κ3) is 1.88. The monoisotopic (exact) mass is 239 g/mol. The molecule has 1 aliphatic rings. The van der Waals surface area contributed by atoms with Crippen molar-refractivity contribution in [2.75, 3.05) is 0 Å². The van der Waals surface area contributed by atoms with Crippen molar-refractivity contribution in [2.45, 2.75) is 25.7 Å². The summed E-state index contributed by atoms with van der Waals surface area (Å²) in [6.45, 7) is 0. The van der Waals surface area contributed by atoms with E-state index in [9.17, 15) is 4.79 Å². The molecule has 0 radical (unpaired) electrons. The molecule has 0 unspecified atom stereocenters. The normalized spacial score (nSPS) is 18.7. The molecule has 0 amide bonds. The van der Waals surface area contributed by atoms with Crippen LogP contribution in [0.15, 0.2) is 36.0 Å². The first kappa shape index (κ1) is 11.3. The quantitative estimate of drug-likeness (QED) is 0.695. The number of allylic oxidation sites excluding steroid dienone is 1. The van der Waals surface area contributed by atoms with E-state index in [1.165, 1.54) is 16.5 Å². The zero-order valence-electron chi connectivity index (χ0n) is 10.6. The summed E-state index contributed by atoms with van der Waals surface area (Å²) in [5, 5.41) is 1.23. The largest absolute Gasteiger partial charge is 0.350 e. The number of para-hydroxylation sites is 1. The summed E-state index contributed by atoms with van der Waals surface area (Å²) in [5.74, 6) is 0.328. The summed E-state index contributed by atoms with van der Waals surface area (Å²) in [7, 11) is 2.05. The molecule has 2 nitrogen and oxygen atoms in total. The Kier molecular flexibility index (Phi) is 2.78. The van der Waals surface area contributed by atoms with Gasteiger partial charge in [0, 0.05) is 36.1 Å². The van der Waals surface area contributed by atoms with Gasteiger partial charge in [-0.2, -0.15) is 0 Å². The molecule has 3 rings (SSSR count). The number of aryl methyl sites for hydroxylation is 1. The van der Waals surface area contributed by atoms with E-state index in [-0.39, 0.29) is 0 Å². The molecule has 0 N–H and O–H groups in total. The van der Waals surface area contributed by atoms with Crippen molar-refractivity contribution in [3.05, 3.63) is 41.6 Å². The van der Waals surface area contributed by atoms with Crippen LogP contribution in [0.4, 0.5) is 0 Å². The average Bonchev–Trinajstić information content (AvgIpc) is 2.70. The molecule has 1 aromatic carbocycles. The van der Waals surface area contributed by atoms with E-state index < -0.39 is 0 Å². The van der Waals surface area contributed by atoms with E-state index in [1.807, 2.05) is 19.2 Å². The molecule has 1 aliphatic carbocycles. The standard InChI is InChI=1S/C16H17NO/c1-17-11-13(14-7-3-4-8-15(14)17)10-12-6-2-5-9-16(12)18/h3-4,7-8,10-11H,2,5-6,9H2,1H3/b12-10+. The lowest BCUT2D eigenvalue weighted by molar-refractivity contribution is -0.116. The highest BCUT2D eigenvalue weighted by Gasteiger charge is 2.15. The van der Waals surface area contributed by atoms with Gasteiger partial charge in [-0.05, 0) is 37.0 Å². The van der Waals surface area contributed by atoms with E-state index in [2.05, 4.69) is 29.0 Å². The Hall–Kier alpha value is -1.83. The van der Waals surface area contributed by atoms with E-state index in [4.69, 9.17) is 0 Å². The minimum atomic E-state index is 0.328. The molecule has 1 aromatic heterocycles. The molecule has 0 saturated heterocycles. The van der Waals surface area contributed by atoms with Gasteiger partial charge in [0.1, 0.15) is 0 Å². The van der Waals surface area contributed by atoms with Crippen LogP contribution in [0.2, 0.25) is 0 Å². The number of Topliss-reactive ketones (excluding diaryl/α,β-unsaturated/α-hetero) is 1. The molecule has 0 aliphatic heterocycles. The van der Waals surface area contributed by atoms with Crippen molar-refractivity contribution in [3.8, 4) is 0 Å². The number of nitrogens with zero attached hydrogens (tertiary/aromatic N) is 1. The maximum atomic E-state index is 11.9. The van der Waals surface area contributed by atoms with Gasteiger partial charge in [-0.3, -0.25) is 4.79 Å². The van der Waals surface area contributed by atoms with Gasteiger partial charge in [-0.15, -0.1) is 0 Å². The van der Waals surface area contributed by atoms with Gasteiger partial charge in [0.05, 0.1) is 0 Å². The van der Waals surface area contributed by atoms with Crippen LogP contribution in [-0.2, 0) is 11.8 Å². The zero-order valence-corrected chi connectivity index (χ0v) is 10.6. The summed E-state index contributed by atoms with van der Waals surface area (Å²) >= 11 is 0. The number of hydrogen-bond acceptors (Lipinski definition) is 1. The van der Waals surface area contributed by atoms with Gasteiger partial charge in [-0.1, -0.05) is 18.2 Å². The van der Waals surface area contributed by atoms with E-state index >= 15 is 0 Å². The highest BCUT2D eigenvalue weighted by Crippen LogP contribution is 2.26.